The molecule has 2 nitrogen and oxygen atoms in total. The van der Waals surface area contributed by atoms with E-state index in [0.717, 1.165) is 0 Å². The van der Waals surface area contributed by atoms with E-state index in [1.54, 1.807) is 12.1 Å². The van der Waals surface area contributed by atoms with Gasteiger partial charge < -0.3 is 11.1 Å². The van der Waals surface area contributed by atoms with Gasteiger partial charge in [0.1, 0.15) is 5.82 Å². The molecule has 2 rings (SSSR count). The number of rotatable bonds is 2. The number of benzene rings is 2. The maximum Gasteiger partial charge on any atom is 0.161 e. The van der Waals surface area contributed by atoms with Crippen molar-refractivity contribution in [1.82, 2.24) is 0 Å². The molecule has 0 atom stereocenters. The molecule has 0 aliphatic rings. The summed E-state index contributed by atoms with van der Waals surface area (Å²) in [6, 6.07) is 5.85. The molecule has 0 amide bonds. The number of hydrogen-bond acceptors (Lipinski definition) is 2. The zero-order valence-electron chi connectivity index (χ0n) is 8.98. The maximum absolute atomic E-state index is 13.4. The van der Waals surface area contributed by atoms with E-state index in [2.05, 4.69) is 5.32 Å². The number of nitrogen functional groups attached to an aromatic ring is 1. The van der Waals surface area contributed by atoms with Crippen molar-refractivity contribution in [2.45, 2.75) is 0 Å². The molecule has 0 radical (unpaired) electrons. The van der Waals surface area contributed by atoms with Crippen LogP contribution in [0, 0.1) is 17.5 Å². The highest BCUT2D eigenvalue weighted by atomic mass is 35.5. The first-order valence-electron chi connectivity index (χ1n) is 4.94. The summed E-state index contributed by atoms with van der Waals surface area (Å²) in [5, 5.41) is 2.79. The Morgan fingerprint density at radius 1 is 1.00 bits per heavy atom. The van der Waals surface area contributed by atoms with Crippen LogP contribution in [0.5, 0.6) is 0 Å². The molecule has 0 saturated carbocycles. The zero-order valence-corrected chi connectivity index (χ0v) is 9.73. The Hall–Kier alpha value is -1.88. The normalized spacial score (nSPS) is 10.4. The zero-order chi connectivity index (χ0) is 13.3. The first kappa shape index (κ1) is 12.6. The minimum absolute atomic E-state index is 0.240. The molecule has 0 aliphatic carbocycles. The molecule has 3 N–H and O–H groups in total. The molecule has 0 heterocycles. The largest absolute Gasteiger partial charge is 0.397 e. The molecule has 2 aromatic rings. The van der Waals surface area contributed by atoms with E-state index >= 15 is 0 Å². The van der Waals surface area contributed by atoms with E-state index in [9.17, 15) is 13.2 Å². The van der Waals surface area contributed by atoms with Gasteiger partial charge in [0, 0.05) is 12.1 Å². The van der Waals surface area contributed by atoms with Gasteiger partial charge in [-0.1, -0.05) is 17.7 Å². The third-order valence-electron chi connectivity index (χ3n) is 2.32. The highest BCUT2D eigenvalue weighted by Crippen LogP contribution is 2.32. The Kier molecular flexibility index (Phi) is 3.34. The van der Waals surface area contributed by atoms with Crippen molar-refractivity contribution < 1.29 is 13.2 Å². The molecule has 94 valence electrons. The van der Waals surface area contributed by atoms with E-state index < -0.39 is 17.5 Å². The van der Waals surface area contributed by atoms with E-state index in [1.165, 1.54) is 6.07 Å². The van der Waals surface area contributed by atoms with Crippen molar-refractivity contribution in [3.63, 3.8) is 0 Å². The van der Waals surface area contributed by atoms with Crippen LogP contribution in [0.1, 0.15) is 0 Å². The van der Waals surface area contributed by atoms with Crippen molar-refractivity contribution >= 4 is 28.7 Å². The average Bonchev–Trinajstić information content (AvgIpc) is 2.30. The third-order valence-corrected chi connectivity index (χ3v) is 2.63. The first-order valence-corrected chi connectivity index (χ1v) is 5.32. The second kappa shape index (κ2) is 4.78. The molecular formula is C12H8ClF3N2. The average molecular weight is 273 g/mol. The van der Waals surface area contributed by atoms with Crippen molar-refractivity contribution in [1.29, 1.82) is 0 Å². The molecule has 2 aromatic carbocycles. The van der Waals surface area contributed by atoms with Crippen molar-refractivity contribution in [2.24, 2.45) is 0 Å². The van der Waals surface area contributed by atoms with Crippen molar-refractivity contribution in [3.8, 4) is 0 Å². The minimum Gasteiger partial charge on any atom is -0.397 e. The fourth-order valence-electron chi connectivity index (χ4n) is 1.43. The highest BCUT2D eigenvalue weighted by molar-refractivity contribution is 6.34. The van der Waals surface area contributed by atoms with Crippen LogP contribution in [0.3, 0.4) is 0 Å². The van der Waals surface area contributed by atoms with Gasteiger partial charge in [-0.15, -0.1) is 0 Å². The number of anilines is 3. The summed E-state index contributed by atoms with van der Waals surface area (Å²) in [5.74, 6) is -3.36. The first-order chi connectivity index (χ1) is 8.49. The third kappa shape index (κ3) is 2.36. The van der Waals surface area contributed by atoms with E-state index in [-0.39, 0.29) is 22.1 Å². The molecule has 6 heteroatoms. The van der Waals surface area contributed by atoms with Crippen LogP contribution >= 0.6 is 11.6 Å². The molecule has 0 aromatic heterocycles. The monoisotopic (exact) mass is 272 g/mol. The second-order valence-corrected chi connectivity index (χ2v) is 3.98. The lowest BCUT2D eigenvalue weighted by molar-refractivity contribution is 0.496. The summed E-state index contributed by atoms with van der Waals surface area (Å²) in [7, 11) is 0. The van der Waals surface area contributed by atoms with Gasteiger partial charge in [-0.2, -0.15) is 0 Å². The van der Waals surface area contributed by atoms with Gasteiger partial charge in [0.05, 0.1) is 22.1 Å². The van der Waals surface area contributed by atoms with Gasteiger partial charge in [0.15, 0.2) is 11.6 Å². The van der Waals surface area contributed by atoms with E-state index in [4.69, 9.17) is 17.3 Å². The number of para-hydroxylation sites is 1. The Morgan fingerprint density at radius 3 is 2.33 bits per heavy atom. The summed E-state index contributed by atoms with van der Waals surface area (Å²) in [5.41, 5.74) is 5.92. The molecule has 0 spiro atoms. The van der Waals surface area contributed by atoms with Crippen molar-refractivity contribution in [3.05, 3.63) is 52.8 Å². The lowest BCUT2D eigenvalue weighted by Crippen LogP contribution is -2.00. The lowest BCUT2D eigenvalue weighted by Gasteiger charge is -2.12. The summed E-state index contributed by atoms with van der Waals surface area (Å²) in [6.07, 6.45) is 0. The van der Waals surface area contributed by atoms with Crippen molar-refractivity contribution in [2.75, 3.05) is 11.1 Å². The van der Waals surface area contributed by atoms with Crippen LogP contribution in [0.4, 0.5) is 30.2 Å². The Bertz CT molecular complexity index is 582. The van der Waals surface area contributed by atoms with E-state index in [0.29, 0.717) is 12.1 Å². The summed E-state index contributed by atoms with van der Waals surface area (Å²) < 4.78 is 39.2. The predicted octanol–water partition coefficient (Wildman–Crippen LogP) is 4.08. The summed E-state index contributed by atoms with van der Waals surface area (Å²) in [4.78, 5) is 0. The quantitative estimate of drug-likeness (QED) is 0.638. The fraction of sp³-hybridized carbons (Fsp3) is 0. The molecular weight excluding hydrogens is 265 g/mol. The van der Waals surface area contributed by atoms with Crippen LogP contribution in [0.15, 0.2) is 30.3 Å². The van der Waals surface area contributed by atoms with Gasteiger partial charge >= 0.3 is 0 Å². The van der Waals surface area contributed by atoms with Crippen LogP contribution in [0.25, 0.3) is 0 Å². The molecule has 0 bridgehead atoms. The van der Waals surface area contributed by atoms with Crippen LogP contribution in [-0.2, 0) is 0 Å². The Morgan fingerprint density at radius 2 is 1.67 bits per heavy atom. The standard InChI is InChI=1S/C12H8ClF3N2/c13-6-2-1-3-10(17)12(6)18-11-5-8(15)7(14)4-9(11)16/h1-5,18H,17H2. The van der Waals surface area contributed by atoms with Crippen LogP contribution in [-0.4, -0.2) is 0 Å². The molecule has 0 aliphatic heterocycles. The lowest BCUT2D eigenvalue weighted by atomic mass is 10.2. The second-order valence-electron chi connectivity index (χ2n) is 3.58. The van der Waals surface area contributed by atoms with Gasteiger partial charge in [0.2, 0.25) is 0 Å². The highest BCUT2D eigenvalue weighted by Gasteiger charge is 2.12. The fourth-order valence-corrected chi connectivity index (χ4v) is 1.65. The van der Waals surface area contributed by atoms with Gasteiger partial charge in [-0.25, -0.2) is 13.2 Å². The maximum atomic E-state index is 13.4. The molecule has 18 heavy (non-hydrogen) atoms. The van der Waals surface area contributed by atoms with Gasteiger partial charge in [-0.05, 0) is 12.1 Å². The van der Waals surface area contributed by atoms with Crippen LogP contribution < -0.4 is 11.1 Å². The molecule has 0 unspecified atom stereocenters. The number of nitrogens with one attached hydrogen (secondary N) is 1. The van der Waals surface area contributed by atoms with Gasteiger partial charge in [-0.3, -0.25) is 0 Å². The summed E-state index contributed by atoms with van der Waals surface area (Å²) in [6.45, 7) is 0. The topological polar surface area (TPSA) is 38.0 Å². The Labute approximate surface area is 106 Å². The smallest absolute Gasteiger partial charge is 0.161 e. The molecule has 0 fully saturated rings. The number of hydrogen-bond donors (Lipinski definition) is 2. The Balaban J connectivity index is 2.43. The SMILES string of the molecule is Nc1cccc(Cl)c1Nc1cc(F)c(F)cc1F. The molecule has 0 saturated heterocycles. The van der Waals surface area contributed by atoms with Crippen LogP contribution in [0.2, 0.25) is 5.02 Å². The van der Waals surface area contributed by atoms with Gasteiger partial charge in [0.25, 0.3) is 0 Å². The number of halogens is 4. The summed E-state index contributed by atoms with van der Waals surface area (Å²) >= 11 is 5.87. The number of nitrogens with two attached hydrogens (primary N) is 1. The predicted molar refractivity (Wildman–Crippen MR) is 65.5 cm³/mol. The minimum atomic E-state index is -1.26. The van der Waals surface area contributed by atoms with E-state index in [1.807, 2.05) is 0 Å².